The van der Waals surface area contributed by atoms with E-state index in [9.17, 15) is 0 Å². The van der Waals surface area contributed by atoms with Gasteiger partial charge in [-0.15, -0.1) is 0 Å². The number of hydrogen-bond acceptors (Lipinski definition) is 3. The van der Waals surface area contributed by atoms with Crippen LogP contribution in [0.15, 0.2) is 30.5 Å². The van der Waals surface area contributed by atoms with E-state index in [0.717, 1.165) is 41.6 Å². The van der Waals surface area contributed by atoms with Crippen LogP contribution in [-0.2, 0) is 13.0 Å². The van der Waals surface area contributed by atoms with Crippen LogP contribution < -0.4 is 5.32 Å². The van der Waals surface area contributed by atoms with Crippen molar-refractivity contribution in [3.8, 4) is 11.4 Å². The molecule has 17 heavy (non-hydrogen) atoms. The number of benzene rings is 1. The highest BCUT2D eigenvalue weighted by Gasteiger charge is 2.12. The van der Waals surface area contributed by atoms with Crippen LogP contribution in [0.2, 0.25) is 5.02 Å². The fraction of sp³-hybridized carbons (Fsp3) is 0.231. The molecule has 0 fully saturated rings. The van der Waals surface area contributed by atoms with E-state index in [1.165, 1.54) is 5.56 Å². The molecule has 1 aromatic heterocycles. The van der Waals surface area contributed by atoms with Gasteiger partial charge in [0.05, 0.1) is 5.69 Å². The summed E-state index contributed by atoms with van der Waals surface area (Å²) in [6, 6.07) is 7.62. The zero-order valence-electron chi connectivity index (χ0n) is 9.28. The van der Waals surface area contributed by atoms with Crippen LogP contribution >= 0.6 is 11.6 Å². The molecule has 0 radical (unpaired) electrons. The van der Waals surface area contributed by atoms with E-state index >= 15 is 0 Å². The SMILES string of the molecule is Clc1ccc(-c2ncc3c(n2)CCNC3)cc1. The Hall–Kier alpha value is -1.45. The first-order chi connectivity index (χ1) is 8.33. The van der Waals surface area contributed by atoms with Crippen molar-refractivity contribution in [1.82, 2.24) is 15.3 Å². The van der Waals surface area contributed by atoms with Crippen LogP contribution in [0.5, 0.6) is 0 Å². The summed E-state index contributed by atoms with van der Waals surface area (Å²) in [5.41, 5.74) is 3.37. The molecule has 1 aliphatic heterocycles. The molecule has 0 unspecified atom stereocenters. The monoisotopic (exact) mass is 245 g/mol. The lowest BCUT2D eigenvalue weighted by molar-refractivity contribution is 0.626. The lowest BCUT2D eigenvalue weighted by Gasteiger charge is -2.16. The number of nitrogens with one attached hydrogen (secondary N) is 1. The van der Waals surface area contributed by atoms with Crippen molar-refractivity contribution in [3.05, 3.63) is 46.7 Å². The molecule has 2 aromatic rings. The maximum atomic E-state index is 5.87. The van der Waals surface area contributed by atoms with Crippen LogP contribution in [0, 0.1) is 0 Å². The van der Waals surface area contributed by atoms with Gasteiger partial charge in [0.2, 0.25) is 0 Å². The summed E-state index contributed by atoms with van der Waals surface area (Å²) in [5.74, 6) is 0.780. The minimum absolute atomic E-state index is 0.732. The van der Waals surface area contributed by atoms with Crippen molar-refractivity contribution >= 4 is 11.6 Å². The molecule has 2 heterocycles. The second-order valence-corrected chi connectivity index (χ2v) is 4.54. The number of fused-ring (bicyclic) bond motifs is 1. The second-order valence-electron chi connectivity index (χ2n) is 4.10. The Balaban J connectivity index is 2.01. The topological polar surface area (TPSA) is 37.8 Å². The third kappa shape index (κ3) is 2.16. The van der Waals surface area contributed by atoms with Crippen LogP contribution in [0.1, 0.15) is 11.3 Å². The Morgan fingerprint density at radius 2 is 2.00 bits per heavy atom. The molecular weight excluding hydrogens is 234 g/mol. The van der Waals surface area contributed by atoms with Gasteiger partial charge in [-0.2, -0.15) is 0 Å². The molecule has 0 spiro atoms. The number of aromatic nitrogens is 2. The van der Waals surface area contributed by atoms with Gasteiger partial charge >= 0.3 is 0 Å². The van der Waals surface area contributed by atoms with Crippen LogP contribution in [0.3, 0.4) is 0 Å². The molecule has 0 bridgehead atoms. The van der Waals surface area contributed by atoms with Crippen molar-refractivity contribution in [2.24, 2.45) is 0 Å². The molecule has 86 valence electrons. The Kier molecular flexibility index (Phi) is 2.79. The second kappa shape index (κ2) is 4.43. The third-order valence-corrected chi connectivity index (χ3v) is 3.16. The van der Waals surface area contributed by atoms with Crippen LogP contribution in [0.4, 0.5) is 0 Å². The van der Waals surface area contributed by atoms with Gasteiger partial charge in [-0.05, 0) is 24.3 Å². The molecule has 0 aliphatic carbocycles. The molecule has 3 nitrogen and oxygen atoms in total. The molecule has 1 aromatic carbocycles. The van der Waals surface area contributed by atoms with Gasteiger partial charge in [-0.3, -0.25) is 0 Å². The first-order valence-electron chi connectivity index (χ1n) is 5.64. The summed E-state index contributed by atoms with van der Waals surface area (Å²) in [6.07, 6.45) is 2.89. The van der Waals surface area contributed by atoms with Gasteiger partial charge in [0.1, 0.15) is 0 Å². The van der Waals surface area contributed by atoms with E-state index in [1.807, 2.05) is 30.5 Å². The minimum Gasteiger partial charge on any atom is -0.312 e. The summed E-state index contributed by atoms with van der Waals surface area (Å²) >= 11 is 5.87. The number of halogens is 1. The summed E-state index contributed by atoms with van der Waals surface area (Å²) in [4.78, 5) is 9.02. The normalized spacial score (nSPS) is 14.4. The first-order valence-corrected chi connectivity index (χ1v) is 6.02. The zero-order chi connectivity index (χ0) is 11.7. The van der Waals surface area contributed by atoms with E-state index in [4.69, 9.17) is 11.6 Å². The maximum absolute atomic E-state index is 5.87. The summed E-state index contributed by atoms with van der Waals surface area (Å²) < 4.78 is 0. The third-order valence-electron chi connectivity index (χ3n) is 2.91. The van der Waals surface area contributed by atoms with Gasteiger partial charge in [0, 0.05) is 41.9 Å². The highest BCUT2D eigenvalue weighted by molar-refractivity contribution is 6.30. The molecular formula is C13H12ClN3. The number of rotatable bonds is 1. The predicted molar refractivity (Wildman–Crippen MR) is 67.9 cm³/mol. The Labute approximate surface area is 105 Å². The average Bonchev–Trinajstić information content (AvgIpc) is 2.39. The van der Waals surface area contributed by atoms with Gasteiger partial charge in [-0.1, -0.05) is 11.6 Å². The summed E-state index contributed by atoms with van der Waals surface area (Å²) in [5, 5.41) is 4.04. The first kappa shape index (κ1) is 10.7. The van der Waals surface area contributed by atoms with Gasteiger partial charge in [0.15, 0.2) is 5.82 Å². The molecule has 0 atom stereocenters. The van der Waals surface area contributed by atoms with E-state index in [1.54, 1.807) is 0 Å². The van der Waals surface area contributed by atoms with Crippen LogP contribution in [0.25, 0.3) is 11.4 Å². The van der Waals surface area contributed by atoms with Crippen molar-refractivity contribution in [3.63, 3.8) is 0 Å². The number of nitrogens with zero attached hydrogens (tertiary/aromatic N) is 2. The highest BCUT2D eigenvalue weighted by atomic mass is 35.5. The fourth-order valence-electron chi connectivity index (χ4n) is 1.97. The maximum Gasteiger partial charge on any atom is 0.159 e. The van der Waals surface area contributed by atoms with Gasteiger partial charge in [0.25, 0.3) is 0 Å². The van der Waals surface area contributed by atoms with Crippen molar-refractivity contribution in [2.75, 3.05) is 6.54 Å². The van der Waals surface area contributed by atoms with E-state index in [2.05, 4.69) is 15.3 Å². The Morgan fingerprint density at radius 1 is 1.18 bits per heavy atom. The van der Waals surface area contributed by atoms with Crippen molar-refractivity contribution in [2.45, 2.75) is 13.0 Å². The van der Waals surface area contributed by atoms with E-state index in [0.29, 0.717) is 0 Å². The molecule has 3 rings (SSSR count). The van der Waals surface area contributed by atoms with E-state index in [-0.39, 0.29) is 0 Å². The highest BCUT2D eigenvalue weighted by Crippen LogP contribution is 2.20. The molecule has 0 amide bonds. The van der Waals surface area contributed by atoms with Crippen LogP contribution in [-0.4, -0.2) is 16.5 Å². The quantitative estimate of drug-likeness (QED) is 0.839. The van der Waals surface area contributed by atoms with Crippen molar-refractivity contribution < 1.29 is 0 Å². The predicted octanol–water partition coefficient (Wildman–Crippen LogP) is 2.44. The minimum atomic E-state index is 0.732. The number of hydrogen-bond donors (Lipinski definition) is 1. The summed E-state index contributed by atoms with van der Waals surface area (Å²) in [6.45, 7) is 1.86. The molecule has 4 heteroatoms. The molecule has 1 aliphatic rings. The largest absolute Gasteiger partial charge is 0.312 e. The van der Waals surface area contributed by atoms with Crippen molar-refractivity contribution in [1.29, 1.82) is 0 Å². The summed E-state index contributed by atoms with van der Waals surface area (Å²) in [7, 11) is 0. The smallest absolute Gasteiger partial charge is 0.159 e. The zero-order valence-corrected chi connectivity index (χ0v) is 10.0. The van der Waals surface area contributed by atoms with Gasteiger partial charge < -0.3 is 5.32 Å². The van der Waals surface area contributed by atoms with E-state index < -0.39 is 0 Å². The molecule has 0 saturated heterocycles. The lowest BCUT2D eigenvalue weighted by Crippen LogP contribution is -2.24. The average molecular weight is 246 g/mol. The van der Waals surface area contributed by atoms with Gasteiger partial charge in [-0.25, -0.2) is 9.97 Å². The standard InChI is InChI=1S/C13H12ClN3/c14-11-3-1-9(2-4-11)13-16-8-10-7-15-6-5-12(10)17-13/h1-4,8,15H,5-7H2. The fourth-order valence-corrected chi connectivity index (χ4v) is 2.10. The Morgan fingerprint density at radius 3 is 2.82 bits per heavy atom. The lowest BCUT2D eigenvalue weighted by atomic mass is 10.1. The molecule has 0 saturated carbocycles. The Bertz CT molecular complexity index is 537. The molecule has 1 N–H and O–H groups in total.